The molecule has 2 aromatic carbocycles. The second-order valence-electron chi connectivity index (χ2n) is 9.17. The van der Waals surface area contributed by atoms with Crippen molar-refractivity contribution in [2.75, 3.05) is 19.6 Å². The number of piperidine rings is 1. The number of rotatable bonds is 8. The SMILES string of the molecule is O=C(NCCCc1ccccc1)C1CCN(C(=O)c2cnn(-c3ccccc3)c2-n2cccc2)CC1. The fourth-order valence-corrected chi connectivity index (χ4v) is 4.78. The van der Waals surface area contributed by atoms with Crippen LogP contribution in [0.5, 0.6) is 0 Å². The summed E-state index contributed by atoms with van der Waals surface area (Å²) in [6.07, 6.45) is 8.69. The number of hydrogen-bond acceptors (Lipinski definition) is 3. The molecule has 5 rings (SSSR count). The summed E-state index contributed by atoms with van der Waals surface area (Å²) in [6.45, 7) is 1.79. The van der Waals surface area contributed by atoms with Crippen LogP contribution in [0.4, 0.5) is 0 Å². The molecule has 0 atom stereocenters. The van der Waals surface area contributed by atoms with Crippen molar-refractivity contribution in [1.29, 1.82) is 0 Å². The average Bonchev–Trinajstić information content (AvgIpc) is 3.62. The van der Waals surface area contributed by atoms with Gasteiger partial charge in [0.2, 0.25) is 5.91 Å². The van der Waals surface area contributed by atoms with Crippen LogP contribution in [0.1, 0.15) is 35.2 Å². The summed E-state index contributed by atoms with van der Waals surface area (Å²) >= 11 is 0. The first-order valence-corrected chi connectivity index (χ1v) is 12.6. The summed E-state index contributed by atoms with van der Waals surface area (Å²) in [5, 5.41) is 7.64. The van der Waals surface area contributed by atoms with Crippen LogP contribution in [-0.4, -0.2) is 50.7 Å². The molecule has 3 heterocycles. The van der Waals surface area contributed by atoms with Gasteiger partial charge in [-0.2, -0.15) is 5.10 Å². The van der Waals surface area contributed by atoms with Gasteiger partial charge in [0.1, 0.15) is 5.56 Å². The minimum Gasteiger partial charge on any atom is -0.356 e. The number of para-hydroxylation sites is 1. The molecule has 1 aliphatic heterocycles. The molecular formula is C29H31N5O2. The summed E-state index contributed by atoms with van der Waals surface area (Å²) in [7, 11) is 0. The Balaban J connectivity index is 1.19. The zero-order chi connectivity index (χ0) is 24.7. The topological polar surface area (TPSA) is 72.2 Å². The number of aromatic nitrogens is 3. The molecule has 0 bridgehead atoms. The minimum absolute atomic E-state index is 0.0531. The van der Waals surface area contributed by atoms with Crippen molar-refractivity contribution < 1.29 is 9.59 Å². The van der Waals surface area contributed by atoms with Gasteiger partial charge in [-0.25, -0.2) is 4.68 Å². The second-order valence-corrected chi connectivity index (χ2v) is 9.17. The molecule has 0 spiro atoms. The predicted octanol–water partition coefficient (Wildman–Crippen LogP) is 4.26. The standard InChI is InChI=1S/C29H31N5O2/c35-27(30-17-9-12-23-10-3-1-4-11-23)24-15-20-33(21-16-24)29(36)26-22-31-34(25-13-5-2-6-14-25)28(26)32-18-7-8-19-32/h1-8,10-11,13-14,18-19,22,24H,9,12,15-17,20-21H2,(H,30,35). The summed E-state index contributed by atoms with van der Waals surface area (Å²) in [6, 6.07) is 24.0. The largest absolute Gasteiger partial charge is 0.356 e. The zero-order valence-corrected chi connectivity index (χ0v) is 20.3. The van der Waals surface area contributed by atoms with Crippen LogP contribution in [0.15, 0.2) is 91.4 Å². The Morgan fingerprint density at radius 1 is 0.889 bits per heavy atom. The highest BCUT2D eigenvalue weighted by molar-refractivity contribution is 5.97. The number of amides is 2. The van der Waals surface area contributed by atoms with Gasteiger partial charge in [-0.05, 0) is 55.5 Å². The predicted molar refractivity (Wildman–Crippen MR) is 139 cm³/mol. The van der Waals surface area contributed by atoms with Gasteiger partial charge in [0.15, 0.2) is 5.82 Å². The third-order valence-corrected chi connectivity index (χ3v) is 6.76. The Bertz CT molecular complexity index is 1270. The third kappa shape index (κ3) is 5.25. The van der Waals surface area contributed by atoms with Crippen molar-refractivity contribution in [2.24, 2.45) is 5.92 Å². The molecule has 184 valence electrons. The van der Waals surface area contributed by atoms with Gasteiger partial charge in [0, 0.05) is 37.9 Å². The first-order chi connectivity index (χ1) is 17.7. The molecule has 4 aromatic rings. The molecule has 0 saturated carbocycles. The van der Waals surface area contributed by atoms with Gasteiger partial charge in [-0.15, -0.1) is 0 Å². The maximum atomic E-state index is 13.5. The van der Waals surface area contributed by atoms with Gasteiger partial charge >= 0.3 is 0 Å². The summed E-state index contributed by atoms with van der Waals surface area (Å²) in [5.41, 5.74) is 2.73. The fraction of sp³-hybridized carbons (Fsp3) is 0.276. The highest BCUT2D eigenvalue weighted by Gasteiger charge is 2.30. The molecular weight excluding hydrogens is 450 g/mol. The molecule has 1 saturated heterocycles. The van der Waals surface area contributed by atoms with E-state index in [1.54, 1.807) is 10.9 Å². The number of benzene rings is 2. The van der Waals surface area contributed by atoms with Gasteiger partial charge < -0.3 is 14.8 Å². The molecule has 7 heteroatoms. The first kappa shape index (κ1) is 23.6. The smallest absolute Gasteiger partial charge is 0.259 e. The molecule has 0 aliphatic carbocycles. The lowest BCUT2D eigenvalue weighted by Gasteiger charge is -2.31. The van der Waals surface area contributed by atoms with Crippen LogP contribution in [0.3, 0.4) is 0 Å². The van der Waals surface area contributed by atoms with E-state index in [0.29, 0.717) is 38.0 Å². The first-order valence-electron chi connectivity index (χ1n) is 12.6. The van der Waals surface area contributed by atoms with Crippen molar-refractivity contribution in [1.82, 2.24) is 24.6 Å². The number of aryl methyl sites for hydroxylation is 1. The summed E-state index contributed by atoms with van der Waals surface area (Å²) < 4.78 is 3.71. The number of carbonyl (C=O) groups is 2. The molecule has 1 fully saturated rings. The zero-order valence-electron chi connectivity index (χ0n) is 20.3. The second kappa shape index (κ2) is 11.1. The van der Waals surface area contributed by atoms with Crippen molar-refractivity contribution in [3.63, 3.8) is 0 Å². The van der Waals surface area contributed by atoms with Crippen LogP contribution in [0, 0.1) is 5.92 Å². The highest BCUT2D eigenvalue weighted by Crippen LogP contribution is 2.24. The van der Waals surface area contributed by atoms with Crippen LogP contribution in [-0.2, 0) is 11.2 Å². The Kier molecular flexibility index (Phi) is 7.26. The van der Waals surface area contributed by atoms with Crippen molar-refractivity contribution >= 4 is 11.8 Å². The molecule has 2 amide bonds. The van der Waals surface area contributed by atoms with E-state index >= 15 is 0 Å². The Hall–Kier alpha value is -4.13. The Labute approximate surface area is 211 Å². The molecule has 2 aromatic heterocycles. The lowest BCUT2D eigenvalue weighted by Crippen LogP contribution is -2.43. The van der Waals surface area contributed by atoms with Crippen LogP contribution in [0.2, 0.25) is 0 Å². The van der Waals surface area contributed by atoms with Gasteiger partial charge in [-0.1, -0.05) is 48.5 Å². The fourth-order valence-electron chi connectivity index (χ4n) is 4.78. The van der Waals surface area contributed by atoms with Crippen molar-refractivity contribution in [3.05, 3.63) is 103 Å². The molecule has 0 radical (unpaired) electrons. The number of nitrogens with one attached hydrogen (secondary N) is 1. The van der Waals surface area contributed by atoms with Crippen molar-refractivity contribution in [2.45, 2.75) is 25.7 Å². The van der Waals surface area contributed by atoms with Crippen LogP contribution < -0.4 is 5.32 Å². The average molecular weight is 482 g/mol. The number of carbonyl (C=O) groups excluding carboxylic acids is 2. The monoisotopic (exact) mass is 481 g/mol. The molecule has 1 N–H and O–H groups in total. The number of nitrogens with zero attached hydrogens (tertiary/aromatic N) is 4. The van der Waals surface area contributed by atoms with E-state index < -0.39 is 0 Å². The number of hydrogen-bond donors (Lipinski definition) is 1. The van der Waals surface area contributed by atoms with Gasteiger partial charge in [0.25, 0.3) is 5.91 Å². The summed E-state index contributed by atoms with van der Waals surface area (Å²) in [4.78, 5) is 28.1. The van der Waals surface area contributed by atoms with E-state index in [1.807, 2.05) is 82.5 Å². The lowest BCUT2D eigenvalue weighted by molar-refractivity contribution is -0.126. The van der Waals surface area contributed by atoms with E-state index in [-0.39, 0.29) is 17.7 Å². The molecule has 7 nitrogen and oxygen atoms in total. The highest BCUT2D eigenvalue weighted by atomic mass is 16.2. The third-order valence-electron chi connectivity index (χ3n) is 6.76. The number of likely N-dealkylation sites (tertiary alicyclic amines) is 1. The molecule has 36 heavy (non-hydrogen) atoms. The Morgan fingerprint density at radius 3 is 2.25 bits per heavy atom. The van der Waals surface area contributed by atoms with E-state index in [1.165, 1.54) is 5.56 Å². The van der Waals surface area contributed by atoms with Crippen molar-refractivity contribution in [3.8, 4) is 11.5 Å². The van der Waals surface area contributed by atoms with E-state index in [9.17, 15) is 9.59 Å². The van der Waals surface area contributed by atoms with E-state index in [0.717, 1.165) is 24.3 Å². The lowest BCUT2D eigenvalue weighted by atomic mass is 9.95. The van der Waals surface area contributed by atoms with E-state index in [4.69, 9.17) is 0 Å². The van der Waals surface area contributed by atoms with Crippen LogP contribution >= 0.6 is 0 Å². The van der Waals surface area contributed by atoms with E-state index in [2.05, 4.69) is 22.5 Å². The normalized spacial score (nSPS) is 14.1. The molecule has 1 aliphatic rings. The van der Waals surface area contributed by atoms with Crippen LogP contribution in [0.25, 0.3) is 11.5 Å². The van der Waals surface area contributed by atoms with Gasteiger partial charge in [0.05, 0.1) is 11.9 Å². The Morgan fingerprint density at radius 2 is 1.56 bits per heavy atom. The maximum absolute atomic E-state index is 13.5. The molecule has 0 unspecified atom stereocenters. The maximum Gasteiger partial charge on any atom is 0.259 e. The minimum atomic E-state index is -0.0539. The quantitative estimate of drug-likeness (QED) is 0.382. The van der Waals surface area contributed by atoms with Gasteiger partial charge in [-0.3, -0.25) is 9.59 Å². The summed E-state index contributed by atoms with van der Waals surface area (Å²) in [5.74, 6) is 0.707.